The molecule has 0 spiro atoms. The Morgan fingerprint density at radius 3 is 1.89 bits per heavy atom. The molecule has 1 nitrogen and oxygen atoms in total. The Bertz CT molecular complexity index is 513. The minimum absolute atomic E-state index is 0.0982. The molecule has 0 heterocycles. The summed E-state index contributed by atoms with van der Waals surface area (Å²) in [5.74, 6) is -3.59. The van der Waals surface area contributed by atoms with Crippen molar-refractivity contribution in [2.75, 3.05) is 0 Å². The smallest absolute Gasteiger partial charge is 0.317 e. The number of hydrogen-bond acceptors (Lipinski definition) is 1. The van der Waals surface area contributed by atoms with Crippen LogP contribution < -0.4 is 0 Å². The zero-order valence-corrected chi connectivity index (χ0v) is 16.1. The topological polar surface area (TPSA) is 9.23 Å². The summed E-state index contributed by atoms with van der Waals surface area (Å²) >= 11 is 5.91. The van der Waals surface area contributed by atoms with Gasteiger partial charge in [-0.05, 0) is 56.8 Å². The largest absolute Gasteiger partial charge is 0.364 e. The van der Waals surface area contributed by atoms with Crippen LogP contribution in [0.1, 0.15) is 51.4 Å². The Balaban J connectivity index is 1.62. The fraction of sp³-hybridized carbons (Fsp3) is 1.00. The molecule has 0 aromatic carbocycles. The summed E-state index contributed by atoms with van der Waals surface area (Å²) in [4.78, 5) is 0. The van der Waals surface area contributed by atoms with Crippen LogP contribution in [0.25, 0.3) is 0 Å². The van der Waals surface area contributed by atoms with Crippen LogP contribution in [0.5, 0.6) is 0 Å². The van der Waals surface area contributed by atoms with E-state index < -0.39 is 67.2 Å². The third kappa shape index (κ3) is 4.90. The maximum atomic E-state index is 14.6. The van der Waals surface area contributed by atoms with E-state index in [1.807, 2.05) is 0 Å². The molecule has 164 valence electrons. The fourth-order valence-corrected chi connectivity index (χ4v) is 5.33. The SMILES string of the molecule is FC1CCC(OC(F)(F)C2C(F)CC(C3CCC(Cl)CC3F)CC2F)CC1F. The zero-order valence-electron chi connectivity index (χ0n) is 15.4. The molecule has 8 atom stereocenters. The third-order valence-corrected chi connectivity index (χ3v) is 6.95. The van der Waals surface area contributed by atoms with Crippen LogP contribution in [0.2, 0.25) is 0 Å². The second kappa shape index (κ2) is 8.86. The maximum absolute atomic E-state index is 14.6. The Morgan fingerprint density at radius 2 is 1.32 bits per heavy atom. The molecule has 3 fully saturated rings. The number of rotatable bonds is 4. The van der Waals surface area contributed by atoms with E-state index in [-0.39, 0.29) is 37.5 Å². The fourth-order valence-electron chi connectivity index (χ4n) is 5.04. The maximum Gasteiger partial charge on any atom is 0.364 e. The molecule has 3 aliphatic rings. The monoisotopic (exact) mass is 438 g/mol. The normalized spacial score (nSPS) is 48.4. The summed E-state index contributed by atoms with van der Waals surface area (Å²) in [7, 11) is 0. The Hall–Kier alpha value is -0.240. The Kier molecular flexibility index (Phi) is 7.11. The molecule has 0 radical (unpaired) electrons. The lowest BCUT2D eigenvalue weighted by atomic mass is 9.68. The second-order valence-corrected chi connectivity index (χ2v) is 9.14. The van der Waals surface area contributed by atoms with Gasteiger partial charge in [0, 0.05) is 11.8 Å². The zero-order chi connectivity index (χ0) is 20.6. The van der Waals surface area contributed by atoms with Crippen molar-refractivity contribution in [2.24, 2.45) is 17.8 Å². The van der Waals surface area contributed by atoms with Crippen molar-refractivity contribution in [3.63, 3.8) is 0 Å². The van der Waals surface area contributed by atoms with Gasteiger partial charge in [-0.25, -0.2) is 22.0 Å². The second-order valence-electron chi connectivity index (χ2n) is 8.53. The van der Waals surface area contributed by atoms with Crippen molar-refractivity contribution < 1.29 is 35.5 Å². The van der Waals surface area contributed by atoms with Crippen LogP contribution in [0.15, 0.2) is 0 Å². The highest BCUT2D eigenvalue weighted by molar-refractivity contribution is 6.20. The molecular formula is C19H26ClF7O. The standard InChI is InChI=1S/C19H26ClF7O/c20-10-1-3-12(14(22)7-10)9-5-16(24)18(17(25)6-9)19(26,27)28-11-2-4-13(21)15(23)8-11/h9-18H,1-8H2. The lowest BCUT2D eigenvalue weighted by molar-refractivity contribution is -0.321. The average molecular weight is 439 g/mol. The van der Waals surface area contributed by atoms with Gasteiger partial charge in [0.1, 0.15) is 36.8 Å². The van der Waals surface area contributed by atoms with Gasteiger partial charge in [0.2, 0.25) is 0 Å². The minimum atomic E-state index is -4.14. The third-order valence-electron chi connectivity index (χ3n) is 6.56. The lowest BCUT2D eigenvalue weighted by Crippen LogP contribution is -2.51. The van der Waals surface area contributed by atoms with Gasteiger partial charge < -0.3 is 4.74 Å². The van der Waals surface area contributed by atoms with E-state index in [9.17, 15) is 30.7 Å². The van der Waals surface area contributed by atoms with Gasteiger partial charge in [0.25, 0.3) is 0 Å². The predicted octanol–water partition coefficient (Wildman–Crippen LogP) is 6.27. The van der Waals surface area contributed by atoms with Crippen LogP contribution in [-0.2, 0) is 4.74 Å². The number of hydrogen-bond donors (Lipinski definition) is 0. The Labute approximate surface area is 165 Å². The quantitative estimate of drug-likeness (QED) is 0.371. The first-order chi connectivity index (χ1) is 13.1. The first-order valence-corrected chi connectivity index (χ1v) is 10.4. The highest BCUT2D eigenvalue weighted by atomic mass is 35.5. The van der Waals surface area contributed by atoms with Crippen molar-refractivity contribution >= 4 is 11.6 Å². The number of halogens is 8. The van der Waals surface area contributed by atoms with Gasteiger partial charge in [-0.2, -0.15) is 8.78 Å². The molecule has 0 aliphatic heterocycles. The number of ether oxygens (including phenoxy) is 1. The van der Waals surface area contributed by atoms with Gasteiger partial charge in [-0.3, -0.25) is 0 Å². The highest BCUT2D eigenvalue weighted by Crippen LogP contribution is 2.49. The predicted molar refractivity (Wildman–Crippen MR) is 91.3 cm³/mol. The van der Waals surface area contributed by atoms with E-state index in [1.165, 1.54) is 0 Å². The van der Waals surface area contributed by atoms with E-state index in [0.717, 1.165) is 0 Å². The molecule has 0 N–H and O–H groups in total. The molecule has 0 aromatic rings. The van der Waals surface area contributed by atoms with Crippen LogP contribution in [0.3, 0.4) is 0 Å². The molecule has 3 rings (SSSR count). The van der Waals surface area contributed by atoms with Gasteiger partial charge >= 0.3 is 6.11 Å². The average Bonchev–Trinajstić information content (AvgIpc) is 2.57. The molecule has 3 saturated carbocycles. The summed E-state index contributed by atoms with van der Waals surface area (Å²) in [5, 5.41) is -0.318. The van der Waals surface area contributed by atoms with E-state index in [0.29, 0.717) is 12.8 Å². The van der Waals surface area contributed by atoms with Crippen molar-refractivity contribution in [1.29, 1.82) is 0 Å². The van der Waals surface area contributed by atoms with E-state index in [1.54, 1.807) is 0 Å². The van der Waals surface area contributed by atoms with Gasteiger partial charge in [0.05, 0.1) is 6.10 Å². The minimum Gasteiger partial charge on any atom is -0.317 e. The molecule has 9 heteroatoms. The van der Waals surface area contributed by atoms with Crippen LogP contribution >= 0.6 is 11.6 Å². The van der Waals surface area contributed by atoms with Crippen molar-refractivity contribution in [2.45, 2.75) is 99.8 Å². The van der Waals surface area contributed by atoms with Gasteiger partial charge in [-0.1, -0.05) is 0 Å². The molecular weight excluding hydrogens is 413 g/mol. The first kappa shape index (κ1) is 22.4. The summed E-state index contributed by atoms with van der Waals surface area (Å²) in [6.45, 7) is 0. The number of alkyl halides is 8. The molecule has 8 unspecified atom stereocenters. The van der Waals surface area contributed by atoms with E-state index in [2.05, 4.69) is 4.74 Å². The van der Waals surface area contributed by atoms with Crippen LogP contribution in [0.4, 0.5) is 30.7 Å². The first-order valence-electron chi connectivity index (χ1n) is 9.98. The molecule has 3 aliphatic carbocycles. The summed E-state index contributed by atoms with van der Waals surface area (Å²) in [6, 6.07) is 0. The summed E-state index contributed by atoms with van der Waals surface area (Å²) < 4.78 is 104. The van der Waals surface area contributed by atoms with Gasteiger partial charge in [0.15, 0.2) is 0 Å². The Morgan fingerprint density at radius 1 is 0.679 bits per heavy atom. The highest BCUT2D eigenvalue weighted by Gasteiger charge is 2.56. The van der Waals surface area contributed by atoms with Crippen molar-refractivity contribution in [3.05, 3.63) is 0 Å². The van der Waals surface area contributed by atoms with E-state index in [4.69, 9.17) is 11.6 Å². The van der Waals surface area contributed by atoms with Crippen molar-refractivity contribution in [1.82, 2.24) is 0 Å². The summed E-state index contributed by atoms with van der Waals surface area (Å²) in [5.41, 5.74) is 0. The van der Waals surface area contributed by atoms with Crippen molar-refractivity contribution in [3.8, 4) is 0 Å². The molecule has 28 heavy (non-hydrogen) atoms. The molecule has 0 aromatic heterocycles. The molecule has 0 amide bonds. The summed E-state index contributed by atoms with van der Waals surface area (Å²) in [6.07, 6.45) is -15.5. The van der Waals surface area contributed by atoms with Crippen LogP contribution in [-0.4, -0.2) is 48.4 Å². The lowest BCUT2D eigenvalue weighted by Gasteiger charge is -2.43. The van der Waals surface area contributed by atoms with E-state index >= 15 is 0 Å². The molecule has 0 bridgehead atoms. The molecule has 0 saturated heterocycles. The van der Waals surface area contributed by atoms with Gasteiger partial charge in [-0.15, -0.1) is 11.6 Å². The van der Waals surface area contributed by atoms with Crippen LogP contribution in [0, 0.1) is 17.8 Å².